The second-order valence-electron chi connectivity index (χ2n) is 5.57. The molecule has 0 radical (unpaired) electrons. The molecule has 0 saturated heterocycles. The molecule has 26 heavy (non-hydrogen) atoms. The van der Waals surface area contributed by atoms with E-state index < -0.39 is 6.04 Å². The molecule has 140 valence electrons. The average Bonchev–Trinajstić information content (AvgIpc) is 2.62. The average molecular weight is 394 g/mol. The van der Waals surface area contributed by atoms with Crippen molar-refractivity contribution in [1.29, 1.82) is 0 Å². The fourth-order valence-electron chi connectivity index (χ4n) is 2.18. The molecule has 0 spiro atoms. The topological polar surface area (TPSA) is 81.1 Å². The molecule has 1 amide bonds. The number of hydrogen-bond acceptors (Lipinski definition) is 3. The van der Waals surface area contributed by atoms with Gasteiger partial charge in [-0.05, 0) is 55.8 Å². The third-order valence-corrected chi connectivity index (χ3v) is 3.58. The third kappa shape index (κ3) is 8.37. The predicted octanol–water partition coefficient (Wildman–Crippen LogP) is 3.32. The van der Waals surface area contributed by atoms with Crippen molar-refractivity contribution < 1.29 is 4.79 Å². The van der Waals surface area contributed by atoms with Gasteiger partial charge in [-0.1, -0.05) is 36.5 Å². The summed E-state index contributed by atoms with van der Waals surface area (Å²) in [7, 11) is 0. The van der Waals surface area contributed by atoms with Crippen LogP contribution in [-0.4, -0.2) is 18.5 Å². The summed E-state index contributed by atoms with van der Waals surface area (Å²) in [4.78, 5) is 12.0. The molecule has 0 bridgehead atoms. The first-order valence-electron chi connectivity index (χ1n) is 8.12. The van der Waals surface area contributed by atoms with E-state index in [9.17, 15) is 4.79 Å². The maximum absolute atomic E-state index is 12.0. The lowest BCUT2D eigenvalue weighted by atomic mass is 10.1. The SMILES string of the molecule is Cl.Cl.NCCCC[C@H](N)C(=O)Nc1ccc(C#Cc2ccccc2)cc1. The van der Waals surface area contributed by atoms with Crippen LogP contribution >= 0.6 is 24.8 Å². The first kappa shape index (κ1) is 24.0. The lowest BCUT2D eigenvalue weighted by molar-refractivity contribution is -0.117. The molecule has 0 aliphatic carbocycles. The van der Waals surface area contributed by atoms with Crippen molar-refractivity contribution in [3.05, 3.63) is 65.7 Å². The molecule has 4 nitrogen and oxygen atoms in total. The minimum absolute atomic E-state index is 0. The van der Waals surface area contributed by atoms with E-state index in [4.69, 9.17) is 11.5 Å². The van der Waals surface area contributed by atoms with E-state index in [1.54, 1.807) is 0 Å². The zero-order valence-electron chi connectivity index (χ0n) is 14.5. The van der Waals surface area contributed by atoms with Crippen LogP contribution in [0.2, 0.25) is 0 Å². The van der Waals surface area contributed by atoms with Crippen LogP contribution in [0.1, 0.15) is 30.4 Å². The molecule has 6 heteroatoms. The summed E-state index contributed by atoms with van der Waals surface area (Å²) in [5.41, 5.74) is 13.9. The molecule has 0 fully saturated rings. The van der Waals surface area contributed by atoms with Crippen LogP contribution in [0.25, 0.3) is 0 Å². The molecule has 0 saturated carbocycles. The summed E-state index contributed by atoms with van der Waals surface area (Å²) in [6.45, 7) is 0.625. The highest BCUT2D eigenvalue weighted by Gasteiger charge is 2.12. The molecule has 2 aromatic rings. The fraction of sp³-hybridized carbons (Fsp3) is 0.250. The van der Waals surface area contributed by atoms with Gasteiger partial charge >= 0.3 is 0 Å². The maximum Gasteiger partial charge on any atom is 0.241 e. The zero-order chi connectivity index (χ0) is 17.2. The van der Waals surface area contributed by atoms with E-state index in [1.807, 2.05) is 54.6 Å². The van der Waals surface area contributed by atoms with Crippen LogP contribution in [-0.2, 0) is 4.79 Å². The van der Waals surface area contributed by atoms with Crippen molar-refractivity contribution >= 4 is 36.4 Å². The second kappa shape index (κ2) is 13.2. The summed E-state index contributed by atoms with van der Waals surface area (Å²) in [6, 6.07) is 16.7. The van der Waals surface area contributed by atoms with Crippen molar-refractivity contribution in [2.45, 2.75) is 25.3 Å². The summed E-state index contributed by atoms with van der Waals surface area (Å²) in [5, 5.41) is 2.83. The fourth-order valence-corrected chi connectivity index (χ4v) is 2.18. The highest BCUT2D eigenvalue weighted by atomic mass is 35.5. The van der Waals surface area contributed by atoms with Gasteiger partial charge in [0, 0.05) is 16.8 Å². The van der Waals surface area contributed by atoms with Gasteiger partial charge in [-0.2, -0.15) is 0 Å². The van der Waals surface area contributed by atoms with Crippen LogP contribution in [0.5, 0.6) is 0 Å². The lowest BCUT2D eigenvalue weighted by Gasteiger charge is -2.12. The molecule has 0 aliphatic heterocycles. The standard InChI is InChI=1S/C20H23N3O.2ClH/c21-15-5-4-8-19(22)20(24)23-18-13-11-17(12-14-18)10-9-16-6-2-1-3-7-16;;/h1-3,6-7,11-14,19H,4-5,8,15,21-22H2,(H,23,24);2*1H/t19-;;/m0../s1. The smallest absolute Gasteiger partial charge is 0.241 e. The zero-order valence-corrected chi connectivity index (χ0v) is 16.1. The van der Waals surface area contributed by atoms with Gasteiger partial charge in [-0.25, -0.2) is 0 Å². The Morgan fingerprint density at radius 3 is 2.08 bits per heavy atom. The molecule has 0 aromatic heterocycles. The van der Waals surface area contributed by atoms with Crippen LogP contribution in [0.4, 0.5) is 5.69 Å². The summed E-state index contributed by atoms with van der Waals surface area (Å²) in [6.07, 6.45) is 2.39. The van der Waals surface area contributed by atoms with Crippen molar-refractivity contribution in [3.8, 4) is 11.8 Å². The van der Waals surface area contributed by atoms with Gasteiger partial charge in [0.15, 0.2) is 0 Å². The van der Waals surface area contributed by atoms with E-state index in [1.165, 1.54) is 0 Å². The van der Waals surface area contributed by atoms with Gasteiger partial charge in [0.2, 0.25) is 5.91 Å². The van der Waals surface area contributed by atoms with E-state index in [2.05, 4.69) is 17.2 Å². The van der Waals surface area contributed by atoms with Gasteiger partial charge in [0.05, 0.1) is 6.04 Å². The summed E-state index contributed by atoms with van der Waals surface area (Å²) in [5.74, 6) is 6.03. The quantitative estimate of drug-likeness (QED) is 0.519. The predicted molar refractivity (Wildman–Crippen MR) is 113 cm³/mol. The summed E-state index contributed by atoms with van der Waals surface area (Å²) >= 11 is 0. The Bertz CT molecular complexity index is 709. The first-order chi connectivity index (χ1) is 11.7. The van der Waals surface area contributed by atoms with E-state index in [0.717, 1.165) is 29.7 Å². The number of nitrogens with two attached hydrogens (primary N) is 2. The molecular weight excluding hydrogens is 369 g/mol. The van der Waals surface area contributed by atoms with Crippen molar-refractivity contribution in [3.63, 3.8) is 0 Å². The summed E-state index contributed by atoms with van der Waals surface area (Å²) < 4.78 is 0. The largest absolute Gasteiger partial charge is 0.330 e. The number of amides is 1. The monoisotopic (exact) mass is 393 g/mol. The maximum atomic E-state index is 12.0. The minimum atomic E-state index is -0.505. The highest BCUT2D eigenvalue weighted by Crippen LogP contribution is 2.10. The third-order valence-electron chi connectivity index (χ3n) is 3.58. The Labute approximate surface area is 167 Å². The number of carbonyl (C=O) groups is 1. The van der Waals surface area contributed by atoms with Crippen LogP contribution in [0, 0.1) is 11.8 Å². The molecular formula is C20H25Cl2N3O. The molecule has 0 heterocycles. The lowest BCUT2D eigenvalue weighted by Crippen LogP contribution is -2.35. The molecule has 0 aliphatic rings. The number of benzene rings is 2. The number of unbranched alkanes of at least 4 members (excludes halogenated alkanes) is 1. The van der Waals surface area contributed by atoms with Crippen molar-refractivity contribution in [2.75, 3.05) is 11.9 Å². The molecule has 2 rings (SSSR count). The number of nitrogens with one attached hydrogen (secondary N) is 1. The van der Waals surface area contributed by atoms with E-state index >= 15 is 0 Å². The Kier molecular flexibility index (Phi) is 12.2. The number of carbonyl (C=O) groups excluding carboxylic acids is 1. The van der Waals surface area contributed by atoms with Crippen LogP contribution in [0.3, 0.4) is 0 Å². The van der Waals surface area contributed by atoms with Gasteiger partial charge < -0.3 is 16.8 Å². The van der Waals surface area contributed by atoms with Gasteiger partial charge in [0.1, 0.15) is 0 Å². The highest BCUT2D eigenvalue weighted by molar-refractivity contribution is 5.94. The van der Waals surface area contributed by atoms with Crippen LogP contribution < -0.4 is 16.8 Å². The van der Waals surface area contributed by atoms with Gasteiger partial charge in [-0.15, -0.1) is 24.8 Å². The van der Waals surface area contributed by atoms with E-state index in [0.29, 0.717) is 13.0 Å². The number of hydrogen-bond donors (Lipinski definition) is 3. The van der Waals surface area contributed by atoms with E-state index in [-0.39, 0.29) is 30.7 Å². The van der Waals surface area contributed by atoms with Crippen molar-refractivity contribution in [1.82, 2.24) is 0 Å². The second-order valence-corrected chi connectivity index (χ2v) is 5.57. The number of anilines is 1. The Morgan fingerprint density at radius 2 is 1.50 bits per heavy atom. The Hall–Kier alpha value is -2.03. The normalized spacial score (nSPS) is 10.4. The minimum Gasteiger partial charge on any atom is -0.330 e. The first-order valence-corrected chi connectivity index (χ1v) is 8.12. The van der Waals surface area contributed by atoms with Crippen molar-refractivity contribution in [2.24, 2.45) is 11.5 Å². The number of rotatable bonds is 6. The van der Waals surface area contributed by atoms with Gasteiger partial charge in [0.25, 0.3) is 0 Å². The Balaban J connectivity index is 0.00000312. The molecule has 1 atom stereocenters. The van der Waals surface area contributed by atoms with Gasteiger partial charge in [-0.3, -0.25) is 4.79 Å². The molecule has 5 N–H and O–H groups in total. The number of halogens is 2. The Morgan fingerprint density at radius 1 is 0.923 bits per heavy atom. The molecule has 0 unspecified atom stereocenters. The van der Waals surface area contributed by atoms with Crippen LogP contribution in [0.15, 0.2) is 54.6 Å². The molecule has 2 aromatic carbocycles.